The van der Waals surface area contributed by atoms with Crippen molar-refractivity contribution in [2.45, 2.75) is 0 Å². The van der Waals surface area contributed by atoms with E-state index in [1.165, 1.54) is 0 Å². The van der Waals surface area contributed by atoms with Gasteiger partial charge < -0.3 is 15.0 Å². The summed E-state index contributed by atoms with van der Waals surface area (Å²) in [6.07, 6.45) is 0. The standard InChI is InChI=1S/C18H17N5O2/c1-25-9-8-19-18(24)11-6-7-14-15(10-11)21-17(20-14)16-12-4-2-3-5-13(12)22-23-16/h2-7,10H,8-9H2,1H3,(H,19,24)(H,20,21)(H,22,23). The fourth-order valence-corrected chi connectivity index (χ4v) is 2.77. The first kappa shape index (κ1) is 15.3. The predicted octanol–water partition coefficient (Wildman–Crippen LogP) is 2.48. The number of nitrogens with one attached hydrogen (secondary N) is 3. The van der Waals surface area contributed by atoms with Gasteiger partial charge in [0.15, 0.2) is 5.82 Å². The van der Waals surface area contributed by atoms with E-state index >= 15 is 0 Å². The summed E-state index contributed by atoms with van der Waals surface area (Å²) in [5.41, 5.74) is 3.86. The van der Waals surface area contributed by atoms with Gasteiger partial charge in [-0.15, -0.1) is 0 Å². The van der Waals surface area contributed by atoms with E-state index in [4.69, 9.17) is 4.74 Å². The molecule has 0 atom stereocenters. The second kappa shape index (κ2) is 6.37. The Morgan fingerprint density at radius 2 is 2.08 bits per heavy atom. The molecule has 2 heterocycles. The second-order valence-corrected chi connectivity index (χ2v) is 5.68. The Bertz CT molecular complexity index is 1050. The first-order chi connectivity index (χ1) is 12.3. The van der Waals surface area contributed by atoms with Crippen molar-refractivity contribution >= 4 is 27.8 Å². The number of fused-ring (bicyclic) bond motifs is 2. The van der Waals surface area contributed by atoms with E-state index in [0.717, 1.165) is 27.6 Å². The summed E-state index contributed by atoms with van der Waals surface area (Å²) < 4.78 is 4.94. The minimum Gasteiger partial charge on any atom is -0.383 e. The molecular weight excluding hydrogens is 318 g/mol. The molecule has 0 bridgehead atoms. The van der Waals surface area contributed by atoms with Crippen molar-refractivity contribution < 1.29 is 9.53 Å². The summed E-state index contributed by atoms with van der Waals surface area (Å²) in [5, 5.41) is 11.2. The van der Waals surface area contributed by atoms with Crippen LogP contribution >= 0.6 is 0 Å². The summed E-state index contributed by atoms with van der Waals surface area (Å²) in [6.45, 7) is 0.950. The molecule has 2 aromatic carbocycles. The van der Waals surface area contributed by atoms with Gasteiger partial charge >= 0.3 is 0 Å². The molecule has 1 amide bonds. The molecule has 4 aromatic rings. The number of para-hydroxylation sites is 1. The van der Waals surface area contributed by atoms with Gasteiger partial charge in [-0.2, -0.15) is 5.10 Å². The molecule has 25 heavy (non-hydrogen) atoms. The molecular formula is C18H17N5O2. The number of hydrogen-bond donors (Lipinski definition) is 3. The van der Waals surface area contributed by atoms with Gasteiger partial charge in [0.1, 0.15) is 5.69 Å². The maximum atomic E-state index is 12.2. The second-order valence-electron chi connectivity index (χ2n) is 5.68. The highest BCUT2D eigenvalue weighted by Gasteiger charge is 2.13. The van der Waals surface area contributed by atoms with Crippen molar-refractivity contribution in [3.63, 3.8) is 0 Å². The summed E-state index contributed by atoms with van der Waals surface area (Å²) in [4.78, 5) is 20.0. The summed E-state index contributed by atoms with van der Waals surface area (Å²) >= 11 is 0. The Morgan fingerprint density at radius 3 is 2.96 bits per heavy atom. The number of carbonyl (C=O) groups is 1. The molecule has 0 radical (unpaired) electrons. The number of ether oxygens (including phenoxy) is 1. The average molecular weight is 335 g/mol. The minimum absolute atomic E-state index is 0.145. The number of methoxy groups -OCH3 is 1. The molecule has 0 unspecified atom stereocenters. The monoisotopic (exact) mass is 335 g/mol. The molecule has 126 valence electrons. The molecule has 3 N–H and O–H groups in total. The molecule has 0 aliphatic heterocycles. The van der Waals surface area contributed by atoms with Gasteiger partial charge in [0.2, 0.25) is 0 Å². The van der Waals surface area contributed by atoms with E-state index in [1.54, 1.807) is 19.2 Å². The highest BCUT2D eigenvalue weighted by molar-refractivity contribution is 5.98. The number of benzene rings is 2. The molecule has 0 saturated heterocycles. The van der Waals surface area contributed by atoms with E-state index in [9.17, 15) is 4.79 Å². The van der Waals surface area contributed by atoms with Crippen molar-refractivity contribution in [3.05, 3.63) is 48.0 Å². The normalized spacial score (nSPS) is 11.2. The molecule has 7 heteroatoms. The van der Waals surface area contributed by atoms with Gasteiger partial charge in [-0.3, -0.25) is 9.89 Å². The zero-order valence-electron chi connectivity index (χ0n) is 13.7. The number of aromatic amines is 2. The van der Waals surface area contributed by atoms with Crippen LogP contribution in [0.3, 0.4) is 0 Å². The molecule has 0 spiro atoms. The maximum Gasteiger partial charge on any atom is 0.251 e. The molecule has 0 fully saturated rings. The van der Waals surface area contributed by atoms with Crippen LogP contribution in [0.2, 0.25) is 0 Å². The van der Waals surface area contributed by atoms with Crippen LogP contribution in [0.25, 0.3) is 33.5 Å². The summed E-state index contributed by atoms with van der Waals surface area (Å²) in [6, 6.07) is 13.3. The molecule has 0 aliphatic rings. The lowest BCUT2D eigenvalue weighted by molar-refractivity contribution is 0.0937. The zero-order chi connectivity index (χ0) is 17.2. The number of nitrogens with zero attached hydrogens (tertiary/aromatic N) is 2. The number of rotatable bonds is 5. The molecule has 0 aliphatic carbocycles. The van der Waals surface area contributed by atoms with Crippen molar-refractivity contribution in [2.24, 2.45) is 0 Å². The number of aromatic nitrogens is 4. The SMILES string of the molecule is COCCNC(=O)c1ccc2[nH]c(-c3n[nH]c4ccccc34)nc2c1. The number of amides is 1. The van der Waals surface area contributed by atoms with E-state index < -0.39 is 0 Å². The smallest absolute Gasteiger partial charge is 0.251 e. The summed E-state index contributed by atoms with van der Waals surface area (Å²) in [7, 11) is 1.60. The lowest BCUT2D eigenvalue weighted by Crippen LogP contribution is -2.26. The van der Waals surface area contributed by atoms with Gasteiger partial charge in [-0.05, 0) is 24.3 Å². The first-order valence-corrected chi connectivity index (χ1v) is 7.96. The Morgan fingerprint density at radius 1 is 1.20 bits per heavy atom. The molecule has 0 saturated carbocycles. The van der Waals surface area contributed by atoms with Crippen molar-refractivity contribution in [2.75, 3.05) is 20.3 Å². The topological polar surface area (TPSA) is 95.7 Å². The third-order valence-corrected chi connectivity index (χ3v) is 4.03. The van der Waals surface area contributed by atoms with Gasteiger partial charge in [0.25, 0.3) is 5.91 Å². The van der Waals surface area contributed by atoms with E-state index in [-0.39, 0.29) is 5.91 Å². The predicted molar refractivity (Wildman–Crippen MR) is 95.4 cm³/mol. The first-order valence-electron chi connectivity index (χ1n) is 7.96. The fourth-order valence-electron chi connectivity index (χ4n) is 2.77. The highest BCUT2D eigenvalue weighted by Crippen LogP contribution is 2.26. The number of carbonyl (C=O) groups excluding carboxylic acids is 1. The van der Waals surface area contributed by atoms with Crippen LogP contribution in [0, 0.1) is 0 Å². The number of imidazole rings is 1. The van der Waals surface area contributed by atoms with Gasteiger partial charge in [-0.1, -0.05) is 18.2 Å². The average Bonchev–Trinajstić information content (AvgIpc) is 3.24. The lowest BCUT2D eigenvalue weighted by Gasteiger charge is -2.03. The van der Waals surface area contributed by atoms with Crippen molar-refractivity contribution in [1.29, 1.82) is 0 Å². The highest BCUT2D eigenvalue weighted by atomic mass is 16.5. The van der Waals surface area contributed by atoms with Crippen LogP contribution in [0.15, 0.2) is 42.5 Å². The molecule has 4 rings (SSSR count). The fraction of sp³-hybridized carbons (Fsp3) is 0.167. The quantitative estimate of drug-likeness (QED) is 0.488. The lowest BCUT2D eigenvalue weighted by atomic mass is 10.2. The maximum absolute atomic E-state index is 12.2. The van der Waals surface area contributed by atoms with Gasteiger partial charge in [0.05, 0.1) is 23.2 Å². The third kappa shape index (κ3) is 2.85. The van der Waals surface area contributed by atoms with E-state index in [2.05, 4.69) is 25.5 Å². The minimum atomic E-state index is -0.145. The number of H-pyrrole nitrogens is 2. The van der Waals surface area contributed by atoms with E-state index in [0.29, 0.717) is 24.5 Å². The van der Waals surface area contributed by atoms with Crippen LogP contribution in [0.4, 0.5) is 0 Å². The van der Waals surface area contributed by atoms with Crippen LogP contribution < -0.4 is 5.32 Å². The molecule has 7 nitrogen and oxygen atoms in total. The van der Waals surface area contributed by atoms with E-state index in [1.807, 2.05) is 30.3 Å². The van der Waals surface area contributed by atoms with Gasteiger partial charge in [-0.25, -0.2) is 4.98 Å². The number of hydrogen-bond acceptors (Lipinski definition) is 4. The Balaban J connectivity index is 1.67. The van der Waals surface area contributed by atoms with Crippen LogP contribution in [-0.2, 0) is 4.74 Å². The Kier molecular flexibility index (Phi) is 3.91. The third-order valence-electron chi connectivity index (χ3n) is 4.03. The van der Waals surface area contributed by atoms with Crippen LogP contribution in [-0.4, -0.2) is 46.3 Å². The van der Waals surface area contributed by atoms with Crippen molar-refractivity contribution in [3.8, 4) is 11.5 Å². The largest absolute Gasteiger partial charge is 0.383 e. The van der Waals surface area contributed by atoms with Crippen molar-refractivity contribution in [1.82, 2.24) is 25.5 Å². The zero-order valence-corrected chi connectivity index (χ0v) is 13.7. The van der Waals surface area contributed by atoms with Crippen LogP contribution in [0.1, 0.15) is 10.4 Å². The Labute approximate surface area is 143 Å². The van der Waals surface area contributed by atoms with Gasteiger partial charge in [0, 0.05) is 24.6 Å². The summed E-state index contributed by atoms with van der Waals surface area (Å²) in [5.74, 6) is 0.526. The van der Waals surface area contributed by atoms with Crippen LogP contribution in [0.5, 0.6) is 0 Å². The molecule has 2 aromatic heterocycles. The Hall–Kier alpha value is -3.19.